The Morgan fingerprint density at radius 2 is 2.20 bits per heavy atom. The van der Waals surface area contributed by atoms with Gasteiger partial charge < -0.3 is 16.0 Å². The van der Waals surface area contributed by atoms with Crippen LogP contribution in [-0.4, -0.2) is 29.9 Å². The fourth-order valence-corrected chi connectivity index (χ4v) is 2.49. The SMILES string of the molecule is Cc1ncsc1CNc1cc(C(=O)N(C)C)ccc1N. The summed E-state index contributed by atoms with van der Waals surface area (Å²) < 4.78 is 0. The first kappa shape index (κ1) is 14.3. The molecule has 0 aliphatic heterocycles. The normalized spacial score (nSPS) is 10.3. The highest BCUT2D eigenvalue weighted by Crippen LogP contribution is 2.22. The average molecular weight is 290 g/mol. The quantitative estimate of drug-likeness (QED) is 0.848. The van der Waals surface area contributed by atoms with Gasteiger partial charge in [-0.15, -0.1) is 11.3 Å². The van der Waals surface area contributed by atoms with Crippen molar-refractivity contribution in [1.82, 2.24) is 9.88 Å². The highest BCUT2D eigenvalue weighted by molar-refractivity contribution is 7.09. The number of aromatic nitrogens is 1. The molecule has 0 bridgehead atoms. The summed E-state index contributed by atoms with van der Waals surface area (Å²) in [7, 11) is 3.46. The minimum absolute atomic E-state index is 0.0398. The van der Waals surface area contributed by atoms with Crippen LogP contribution in [0, 0.1) is 6.92 Å². The van der Waals surface area contributed by atoms with E-state index in [1.165, 1.54) is 0 Å². The lowest BCUT2D eigenvalue weighted by atomic mass is 10.1. The van der Waals surface area contributed by atoms with Gasteiger partial charge in [0.2, 0.25) is 0 Å². The Labute approximate surface area is 122 Å². The van der Waals surface area contributed by atoms with E-state index in [0.717, 1.165) is 16.3 Å². The van der Waals surface area contributed by atoms with Crippen LogP contribution in [0.25, 0.3) is 0 Å². The number of hydrogen-bond donors (Lipinski definition) is 2. The molecule has 1 aromatic carbocycles. The Morgan fingerprint density at radius 3 is 2.80 bits per heavy atom. The highest BCUT2D eigenvalue weighted by atomic mass is 32.1. The molecule has 0 saturated carbocycles. The number of benzene rings is 1. The molecule has 20 heavy (non-hydrogen) atoms. The molecule has 0 unspecified atom stereocenters. The summed E-state index contributed by atoms with van der Waals surface area (Å²) >= 11 is 1.60. The Hall–Kier alpha value is -2.08. The predicted molar refractivity (Wildman–Crippen MR) is 83.0 cm³/mol. The van der Waals surface area contributed by atoms with Crippen LogP contribution in [-0.2, 0) is 6.54 Å². The second kappa shape index (κ2) is 5.92. The van der Waals surface area contributed by atoms with E-state index in [2.05, 4.69) is 10.3 Å². The van der Waals surface area contributed by atoms with E-state index in [-0.39, 0.29) is 5.91 Å². The fourth-order valence-electron chi connectivity index (χ4n) is 1.77. The zero-order valence-corrected chi connectivity index (χ0v) is 12.6. The molecule has 106 valence electrons. The van der Waals surface area contributed by atoms with Gasteiger partial charge in [0, 0.05) is 24.5 Å². The molecule has 0 spiro atoms. The second-order valence-electron chi connectivity index (χ2n) is 4.72. The van der Waals surface area contributed by atoms with Crippen LogP contribution < -0.4 is 11.1 Å². The van der Waals surface area contributed by atoms with Crippen LogP contribution in [0.15, 0.2) is 23.7 Å². The summed E-state index contributed by atoms with van der Waals surface area (Å²) in [6.45, 7) is 2.63. The Balaban J connectivity index is 2.17. The zero-order chi connectivity index (χ0) is 14.7. The zero-order valence-electron chi connectivity index (χ0n) is 11.8. The third-order valence-electron chi connectivity index (χ3n) is 2.99. The van der Waals surface area contributed by atoms with Crippen LogP contribution in [0.3, 0.4) is 0 Å². The molecule has 0 atom stereocenters. The Kier molecular flexibility index (Phi) is 4.24. The van der Waals surface area contributed by atoms with Crippen molar-refractivity contribution >= 4 is 28.6 Å². The van der Waals surface area contributed by atoms with Crippen molar-refractivity contribution in [3.63, 3.8) is 0 Å². The van der Waals surface area contributed by atoms with Gasteiger partial charge in [-0.1, -0.05) is 0 Å². The van der Waals surface area contributed by atoms with Crippen molar-refractivity contribution in [2.75, 3.05) is 25.1 Å². The van der Waals surface area contributed by atoms with Gasteiger partial charge in [0.25, 0.3) is 5.91 Å². The molecule has 0 radical (unpaired) electrons. The van der Waals surface area contributed by atoms with Gasteiger partial charge >= 0.3 is 0 Å². The molecule has 1 heterocycles. The number of rotatable bonds is 4. The molecule has 0 aliphatic rings. The van der Waals surface area contributed by atoms with E-state index < -0.39 is 0 Å². The summed E-state index contributed by atoms with van der Waals surface area (Å²) in [6.07, 6.45) is 0. The van der Waals surface area contributed by atoms with Crippen molar-refractivity contribution in [1.29, 1.82) is 0 Å². The van der Waals surface area contributed by atoms with Gasteiger partial charge in [-0.05, 0) is 25.1 Å². The van der Waals surface area contributed by atoms with Gasteiger partial charge in [0.15, 0.2) is 0 Å². The third kappa shape index (κ3) is 3.08. The van der Waals surface area contributed by atoms with Crippen LogP contribution >= 0.6 is 11.3 Å². The van der Waals surface area contributed by atoms with Gasteiger partial charge in [-0.3, -0.25) is 4.79 Å². The summed E-state index contributed by atoms with van der Waals surface area (Å²) in [5, 5.41) is 3.27. The van der Waals surface area contributed by atoms with E-state index in [4.69, 9.17) is 5.73 Å². The van der Waals surface area contributed by atoms with Crippen molar-refractivity contribution in [2.45, 2.75) is 13.5 Å². The first-order chi connectivity index (χ1) is 9.49. The van der Waals surface area contributed by atoms with E-state index in [1.54, 1.807) is 48.5 Å². The lowest BCUT2D eigenvalue weighted by Gasteiger charge is -2.13. The van der Waals surface area contributed by atoms with Crippen molar-refractivity contribution in [3.8, 4) is 0 Å². The van der Waals surface area contributed by atoms with Gasteiger partial charge in [0.1, 0.15) is 0 Å². The molecule has 0 aliphatic carbocycles. The molecule has 6 heteroatoms. The number of aryl methyl sites for hydroxylation is 1. The maximum absolute atomic E-state index is 11.9. The number of carbonyl (C=O) groups is 1. The summed E-state index contributed by atoms with van der Waals surface area (Å²) in [4.78, 5) is 18.9. The topological polar surface area (TPSA) is 71.2 Å². The first-order valence-electron chi connectivity index (χ1n) is 6.23. The fraction of sp³-hybridized carbons (Fsp3) is 0.286. The van der Waals surface area contributed by atoms with E-state index in [1.807, 2.05) is 12.4 Å². The Morgan fingerprint density at radius 1 is 1.45 bits per heavy atom. The predicted octanol–water partition coefficient (Wildman–Crippen LogP) is 2.35. The Bertz CT molecular complexity index is 621. The van der Waals surface area contributed by atoms with E-state index in [9.17, 15) is 4.79 Å². The molecule has 1 amide bonds. The highest BCUT2D eigenvalue weighted by Gasteiger charge is 2.10. The van der Waals surface area contributed by atoms with Crippen molar-refractivity contribution in [3.05, 3.63) is 39.8 Å². The van der Waals surface area contributed by atoms with Crippen LogP contribution in [0.2, 0.25) is 0 Å². The maximum atomic E-state index is 11.9. The number of nitrogens with two attached hydrogens (primary N) is 1. The minimum Gasteiger partial charge on any atom is -0.397 e. The van der Waals surface area contributed by atoms with Gasteiger partial charge in [-0.2, -0.15) is 0 Å². The molecule has 3 N–H and O–H groups in total. The van der Waals surface area contributed by atoms with Crippen LogP contribution in [0.1, 0.15) is 20.9 Å². The monoisotopic (exact) mass is 290 g/mol. The molecular formula is C14H18N4OS. The number of carbonyl (C=O) groups excluding carboxylic acids is 1. The summed E-state index contributed by atoms with van der Waals surface area (Å²) in [5.41, 5.74) is 10.8. The molecule has 2 aromatic rings. The molecule has 0 fully saturated rings. The van der Waals surface area contributed by atoms with E-state index >= 15 is 0 Å². The minimum atomic E-state index is -0.0398. The summed E-state index contributed by atoms with van der Waals surface area (Å²) in [6, 6.07) is 5.27. The molecule has 2 rings (SSSR count). The number of thiazole rings is 1. The third-order valence-corrected chi connectivity index (χ3v) is 3.93. The largest absolute Gasteiger partial charge is 0.397 e. The van der Waals surface area contributed by atoms with Crippen molar-refractivity contribution < 1.29 is 4.79 Å². The lowest BCUT2D eigenvalue weighted by Crippen LogP contribution is -2.21. The first-order valence-corrected chi connectivity index (χ1v) is 7.11. The van der Waals surface area contributed by atoms with Crippen molar-refractivity contribution in [2.24, 2.45) is 0 Å². The summed E-state index contributed by atoms with van der Waals surface area (Å²) in [5.74, 6) is -0.0398. The van der Waals surface area contributed by atoms with Gasteiger partial charge in [-0.25, -0.2) is 4.98 Å². The van der Waals surface area contributed by atoms with Gasteiger partial charge in [0.05, 0.1) is 29.1 Å². The smallest absolute Gasteiger partial charge is 0.253 e. The van der Waals surface area contributed by atoms with Crippen LogP contribution in [0.5, 0.6) is 0 Å². The number of nitrogen functional groups attached to an aromatic ring is 1. The number of nitrogens with zero attached hydrogens (tertiary/aromatic N) is 2. The second-order valence-corrected chi connectivity index (χ2v) is 5.66. The average Bonchev–Trinajstić information content (AvgIpc) is 2.82. The standard InChI is InChI=1S/C14H18N4OS/c1-9-13(20-8-17-9)7-16-12-6-10(4-5-11(12)15)14(19)18(2)3/h4-6,8,16H,7,15H2,1-3H3. The van der Waals surface area contributed by atoms with Crippen LogP contribution in [0.4, 0.5) is 11.4 Å². The molecule has 1 aromatic heterocycles. The number of amides is 1. The molecule has 5 nitrogen and oxygen atoms in total. The molecular weight excluding hydrogens is 272 g/mol. The number of anilines is 2. The maximum Gasteiger partial charge on any atom is 0.253 e. The number of hydrogen-bond acceptors (Lipinski definition) is 5. The molecule has 0 saturated heterocycles. The number of nitrogens with one attached hydrogen (secondary N) is 1. The van der Waals surface area contributed by atoms with E-state index in [0.29, 0.717) is 17.8 Å². The lowest BCUT2D eigenvalue weighted by molar-refractivity contribution is 0.0827.